The van der Waals surface area contributed by atoms with Crippen LogP contribution in [0.3, 0.4) is 0 Å². The number of hydrogen-bond acceptors (Lipinski definition) is 4. The Bertz CT molecular complexity index is 279. The Morgan fingerprint density at radius 1 is 1.70 bits per heavy atom. The largest absolute Gasteiger partial charge is 0.336 e. The third-order valence-electron chi connectivity index (χ3n) is 0.982. The van der Waals surface area contributed by atoms with Gasteiger partial charge in [-0.1, -0.05) is 0 Å². The summed E-state index contributed by atoms with van der Waals surface area (Å²) >= 11 is 0. The molecule has 2 N–H and O–H groups in total. The molecular weight excluding hydrogens is 134 g/mol. The van der Waals surface area contributed by atoms with Gasteiger partial charge in [-0.2, -0.15) is 0 Å². The minimum Gasteiger partial charge on any atom is -0.336 e. The zero-order chi connectivity index (χ0) is 7.56. The van der Waals surface area contributed by atoms with Crippen molar-refractivity contribution in [3.63, 3.8) is 0 Å². The molecule has 0 aromatic carbocycles. The first kappa shape index (κ1) is 6.37. The van der Waals surface area contributed by atoms with Crippen molar-refractivity contribution in [1.29, 1.82) is 0 Å². The molecule has 10 heavy (non-hydrogen) atoms. The predicted octanol–water partition coefficient (Wildman–Crippen LogP) is 0.242. The summed E-state index contributed by atoms with van der Waals surface area (Å²) < 4.78 is 1.11. The van der Waals surface area contributed by atoms with Gasteiger partial charge in [-0.25, -0.2) is 4.68 Å². The normalized spacial score (nSPS) is 8.90. The molecule has 0 saturated heterocycles. The second-order valence-electron chi connectivity index (χ2n) is 1.61. The molecule has 1 aromatic rings. The first-order chi connectivity index (χ1) is 4.75. The summed E-state index contributed by atoms with van der Waals surface area (Å²) in [7, 11) is 0. The predicted molar refractivity (Wildman–Crippen MR) is 33.7 cm³/mol. The van der Waals surface area contributed by atoms with Crippen LogP contribution in [0, 0.1) is 6.92 Å². The average Bonchev–Trinajstić information content (AvgIpc) is 2.20. The Kier molecular flexibility index (Phi) is 1.43. The van der Waals surface area contributed by atoms with Crippen molar-refractivity contribution >= 4 is 5.95 Å². The van der Waals surface area contributed by atoms with Crippen molar-refractivity contribution in [3.05, 3.63) is 16.3 Å². The molecular formula is C3H5N7. The number of nitrogens with two attached hydrogens (primary N) is 1. The van der Waals surface area contributed by atoms with Crippen LogP contribution < -0.4 is 5.84 Å². The maximum absolute atomic E-state index is 7.98. The van der Waals surface area contributed by atoms with E-state index < -0.39 is 0 Å². The van der Waals surface area contributed by atoms with Gasteiger partial charge in [-0.05, 0) is 17.6 Å². The summed E-state index contributed by atoms with van der Waals surface area (Å²) in [6, 6.07) is 0. The van der Waals surface area contributed by atoms with Gasteiger partial charge in [0, 0.05) is 4.91 Å². The molecule has 52 valence electrons. The Hall–Kier alpha value is -1.75. The monoisotopic (exact) mass is 139 g/mol. The lowest BCUT2D eigenvalue weighted by atomic mass is 10.7. The third-order valence-corrected chi connectivity index (χ3v) is 0.982. The van der Waals surface area contributed by atoms with Crippen LogP contribution in [-0.4, -0.2) is 14.9 Å². The van der Waals surface area contributed by atoms with Gasteiger partial charge in [-0.15, -0.1) is 10.2 Å². The standard InChI is InChI=1S/C3H5N7/c1-2-6-7-3(8-9-4)10(2)5/h5H2,1H3. The lowest BCUT2D eigenvalue weighted by molar-refractivity contribution is 0.924. The van der Waals surface area contributed by atoms with Crippen LogP contribution in [0.25, 0.3) is 10.4 Å². The maximum Gasteiger partial charge on any atom is 0.239 e. The molecule has 0 bridgehead atoms. The van der Waals surface area contributed by atoms with Crippen LogP contribution in [-0.2, 0) is 0 Å². The third kappa shape index (κ3) is 0.848. The number of aromatic nitrogens is 3. The van der Waals surface area contributed by atoms with Crippen LogP contribution in [0.15, 0.2) is 5.11 Å². The van der Waals surface area contributed by atoms with E-state index in [1.807, 2.05) is 0 Å². The van der Waals surface area contributed by atoms with Gasteiger partial charge in [0.15, 0.2) is 0 Å². The van der Waals surface area contributed by atoms with E-state index >= 15 is 0 Å². The summed E-state index contributed by atoms with van der Waals surface area (Å²) in [5, 5.41) is 10.2. The molecule has 0 aliphatic heterocycles. The van der Waals surface area contributed by atoms with Gasteiger partial charge in [0.25, 0.3) is 0 Å². The van der Waals surface area contributed by atoms with E-state index in [4.69, 9.17) is 11.4 Å². The van der Waals surface area contributed by atoms with Crippen molar-refractivity contribution in [1.82, 2.24) is 14.9 Å². The highest BCUT2D eigenvalue weighted by atomic mass is 15.5. The first-order valence-corrected chi connectivity index (χ1v) is 2.48. The molecule has 0 saturated carbocycles. The number of rotatable bonds is 1. The van der Waals surface area contributed by atoms with E-state index in [9.17, 15) is 0 Å². The average molecular weight is 139 g/mol. The van der Waals surface area contributed by atoms with Crippen molar-refractivity contribution in [2.75, 3.05) is 5.84 Å². The van der Waals surface area contributed by atoms with E-state index in [1.165, 1.54) is 0 Å². The van der Waals surface area contributed by atoms with Crippen molar-refractivity contribution in [2.24, 2.45) is 5.11 Å². The van der Waals surface area contributed by atoms with Crippen molar-refractivity contribution in [2.45, 2.75) is 6.92 Å². The molecule has 0 amide bonds. The highest BCUT2D eigenvalue weighted by Gasteiger charge is 2.00. The smallest absolute Gasteiger partial charge is 0.239 e. The Morgan fingerprint density at radius 3 is 2.80 bits per heavy atom. The molecule has 7 heteroatoms. The quantitative estimate of drug-likeness (QED) is 0.260. The van der Waals surface area contributed by atoms with E-state index in [0.29, 0.717) is 5.82 Å². The zero-order valence-corrected chi connectivity index (χ0v) is 5.26. The topological polar surface area (TPSA) is 105 Å². The van der Waals surface area contributed by atoms with Crippen molar-refractivity contribution < 1.29 is 0 Å². The Balaban J connectivity index is 3.17. The molecule has 1 aromatic heterocycles. The minimum atomic E-state index is 0.0694. The number of aryl methyl sites for hydroxylation is 1. The van der Waals surface area contributed by atoms with E-state index in [2.05, 4.69) is 20.2 Å². The Morgan fingerprint density at radius 2 is 2.40 bits per heavy atom. The van der Waals surface area contributed by atoms with Crippen LogP contribution in [0.2, 0.25) is 0 Å². The van der Waals surface area contributed by atoms with Gasteiger partial charge < -0.3 is 5.84 Å². The van der Waals surface area contributed by atoms with Crippen molar-refractivity contribution in [3.8, 4) is 0 Å². The molecule has 7 nitrogen and oxygen atoms in total. The van der Waals surface area contributed by atoms with Crippen LogP contribution in [0.1, 0.15) is 5.82 Å². The van der Waals surface area contributed by atoms with Gasteiger partial charge in [0.05, 0.1) is 0 Å². The molecule has 0 unspecified atom stereocenters. The molecule has 0 fully saturated rings. The van der Waals surface area contributed by atoms with Gasteiger partial charge >= 0.3 is 0 Å². The minimum absolute atomic E-state index is 0.0694. The highest BCUT2D eigenvalue weighted by molar-refractivity contribution is 5.15. The maximum atomic E-state index is 7.98. The number of hydrogen-bond donors (Lipinski definition) is 1. The zero-order valence-electron chi connectivity index (χ0n) is 5.26. The molecule has 0 radical (unpaired) electrons. The second-order valence-corrected chi connectivity index (χ2v) is 1.61. The fraction of sp³-hybridized carbons (Fsp3) is 0.333. The Labute approximate surface area is 56.1 Å². The fourth-order valence-electron chi connectivity index (χ4n) is 0.466. The molecule has 1 rings (SSSR count). The highest BCUT2D eigenvalue weighted by Crippen LogP contribution is 2.04. The van der Waals surface area contributed by atoms with Gasteiger partial charge in [0.1, 0.15) is 5.82 Å². The molecule has 0 aliphatic rings. The first-order valence-electron chi connectivity index (χ1n) is 2.48. The lowest BCUT2D eigenvalue weighted by Crippen LogP contribution is -2.08. The van der Waals surface area contributed by atoms with E-state index in [1.54, 1.807) is 6.92 Å². The summed E-state index contributed by atoms with van der Waals surface area (Å²) in [5.74, 6) is 5.89. The molecule has 0 spiro atoms. The number of nitrogen functional groups attached to an aromatic ring is 1. The molecule has 0 atom stereocenters. The summed E-state index contributed by atoms with van der Waals surface area (Å²) in [6.45, 7) is 1.66. The van der Waals surface area contributed by atoms with E-state index in [0.717, 1.165) is 4.68 Å². The molecule has 1 heterocycles. The number of azide groups is 1. The fourth-order valence-corrected chi connectivity index (χ4v) is 0.466. The molecule has 0 aliphatic carbocycles. The summed E-state index contributed by atoms with van der Waals surface area (Å²) in [5.41, 5.74) is 7.98. The number of nitrogens with zero attached hydrogens (tertiary/aromatic N) is 6. The van der Waals surface area contributed by atoms with Crippen LogP contribution in [0.5, 0.6) is 0 Å². The van der Waals surface area contributed by atoms with E-state index in [-0.39, 0.29) is 5.95 Å². The summed E-state index contributed by atoms with van der Waals surface area (Å²) in [4.78, 5) is 2.50. The summed E-state index contributed by atoms with van der Waals surface area (Å²) in [6.07, 6.45) is 0. The lowest BCUT2D eigenvalue weighted by Gasteiger charge is -1.91. The second kappa shape index (κ2) is 2.24. The van der Waals surface area contributed by atoms with Crippen LogP contribution in [0.4, 0.5) is 5.95 Å². The van der Waals surface area contributed by atoms with Gasteiger partial charge in [0.2, 0.25) is 5.95 Å². The van der Waals surface area contributed by atoms with Gasteiger partial charge in [-0.3, -0.25) is 0 Å². The van der Waals surface area contributed by atoms with Crippen LogP contribution >= 0.6 is 0 Å². The SMILES string of the molecule is Cc1nnc(N=[N+]=[N-])n1N.